The number of nitrogens with zero attached hydrogens (tertiary/aromatic N) is 1. The predicted molar refractivity (Wildman–Crippen MR) is 76.6 cm³/mol. The Morgan fingerprint density at radius 2 is 2.26 bits per heavy atom. The van der Waals surface area contributed by atoms with Crippen molar-refractivity contribution in [1.82, 2.24) is 4.31 Å². The Balaban J connectivity index is 2.43. The maximum absolute atomic E-state index is 13.8. The second-order valence-electron chi connectivity index (χ2n) is 4.44. The van der Waals surface area contributed by atoms with Crippen molar-refractivity contribution in [2.45, 2.75) is 23.7 Å². The number of hydrogen-bond donors (Lipinski definition) is 0. The van der Waals surface area contributed by atoms with Gasteiger partial charge >= 0.3 is 0 Å². The van der Waals surface area contributed by atoms with E-state index in [0.29, 0.717) is 12.1 Å². The smallest absolute Gasteiger partial charge is 0.207 e. The van der Waals surface area contributed by atoms with E-state index in [0.717, 1.165) is 17.6 Å². The number of hydrogen-bond acceptors (Lipinski definition) is 3. The van der Waals surface area contributed by atoms with Gasteiger partial charge in [0.2, 0.25) is 10.0 Å². The molecule has 1 fully saturated rings. The SMILES string of the molecule is CC1CSCCN1S(=O)(=O)c1cc(CCl)ccc1F. The molecule has 0 amide bonds. The summed E-state index contributed by atoms with van der Waals surface area (Å²) in [5.41, 5.74) is 0.598. The van der Waals surface area contributed by atoms with E-state index < -0.39 is 15.8 Å². The molecule has 1 unspecified atom stereocenters. The fourth-order valence-corrected chi connectivity index (χ4v) is 5.16. The minimum Gasteiger partial charge on any atom is -0.207 e. The molecule has 0 aromatic heterocycles. The van der Waals surface area contributed by atoms with E-state index in [-0.39, 0.29) is 16.8 Å². The van der Waals surface area contributed by atoms with Gasteiger partial charge in [-0.25, -0.2) is 12.8 Å². The molecule has 7 heteroatoms. The number of rotatable bonds is 3. The lowest BCUT2D eigenvalue weighted by Gasteiger charge is -2.32. The molecule has 0 bridgehead atoms. The van der Waals surface area contributed by atoms with Crippen molar-refractivity contribution in [2.75, 3.05) is 18.1 Å². The average molecular weight is 324 g/mol. The molecular formula is C12H15ClFNO2S2. The van der Waals surface area contributed by atoms with Crippen LogP contribution in [0.1, 0.15) is 12.5 Å². The average Bonchev–Trinajstić information content (AvgIpc) is 2.39. The second-order valence-corrected chi connectivity index (χ2v) is 7.71. The van der Waals surface area contributed by atoms with Gasteiger partial charge in [-0.3, -0.25) is 0 Å². The van der Waals surface area contributed by atoms with Crippen LogP contribution in [0.5, 0.6) is 0 Å². The Morgan fingerprint density at radius 3 is 2.89 bits per heavy atom. The quantitative estimate of drug-likeness (QED) is 0.803. The molecule has 1 aliphatic rings. The summed E-state index contributed by atoms with van der Waals surface area (Å²) < 4.78 is 40.2. The third kappa shape index (κ3) is 3.07. The van der Waals surface area contributed by atoms with Crippen LogP contribution >= 0.6 is 23.4 Å². The van der Waals surface area contributed by atoms with Gasteiger partial charge < -0.3 is 0 Å². The molecule has 3 nitrogen and oxygen atoms in total. The van der Waals surface area contributed by atoms with Gasteiger partial charge in [0.1, 0.15) is 10.7 Å². The first-order chi connectivity index (χ1) is 8.96. The van der Waals surface area contributed by atoms with Crippen molar-refractivity contribution in [3.05, 3.63) is 29.6 Å². The fraction of sp³-hybridized carbons (Fsp3) is 0.500. The van der Waals surface area contributed by atoms with Crippen molar-refractivity contribution in [2.24, 2.45) is 0 Å². The van der Waals surface area contributed by atoms with E-state index in [1.54, 1.807) is 11.8 Å². The van der Waals surface area contributed by atoms with E-state index in [1.165, 1.54) is 16.4 Å². The first-order valence-corrected chi connectivity index (χ1v) is 9.03. The zero-order chi connectivity index (χ0) is 14.0. The largest absolute Gasteiger partial charge is 0.246 e. The van der Waals surface area contributed by atoms with Gasteiger partial charge in [0.05, 0.1) is 0 Å². The van der Waals surface area contributed by atoms with Crippen molar-refractivity contribution in [3.8, 4) is 0 Å². The molecular weight excluding hydrogens is 309 g/mol. The summed E-state index contributed by atoms with van der Waals surface area (Å²) in [6.07, 6.45) is 0. The molecule has 1 aromatic rings. The maximum Gasteiger partial charge on any atom is 0.246 e. The number of alkyl halides is 1. The van der Waals surface area contributed by atoms with Gasteiger partial charge in [0.15, 0.2) is 0 Å². The van der Waals surface area contributed by atoms with Gasteiger partial charge in [0.25, 0.3) is 0 Å². The molecule has 1 aliphatic heterocycles. The predicted octanol–water partition coefficient (Wildman–Crippen LogP) is 2.69. The third-order valence-corrected chi connectivity index (χ3v) is 6.57. The zero-order valence-corrected chi connectivity index (χ0v) is 12.9. The van der Waals surface area contributed by atoms with Crippen LogP contribution in [-0.4, -0.2) is 36.8 Å². The Kier molecular flexibility index (Phi) is 4.76. The van der Waals surface area contributed by atoms with Gasteiger partial charge in [-0.2, -0.15) is 16.1 Å². The normalized spacial score (nSPS) is 21.5. The van der Waals surface area contributed by atoms with Crippen molar-refractivity contribution in [1.29, 1.82) is 0 Å². The van der Waals surface area contributed by atoms with Crippen LogP contribution in [0.15, 0.2) is 23.1 Å². The monoisotopic (exact) mass is 323 g/mol. The standard InChI is InChI=1S/C12H15ClFNO2S2/c1-9-8-18-5-4-15(9)19(16,17)12-6-10(7-13)2-3-11(12)14/h2-3,6,9H,4-5,7-8H2,1H3. The molecule has 1 aromatic carbocycles. The van der Waals surface area contributed by atoms with E-state index in [9.17, 15) is 12.8 Å². The van der Waals surface area contributed by atoms with Crippen LogP contribution in [0.4, 0.5) is 4.39 Å². The molecule has 0 aliphatic carbocycles. The lowest BCUT2D eigenvalue weighted by molar-refractivity contribution is 0.365. The Hall–Kier alpha value is -0.300. The van der Waals surface area contributed by atoms with Crippen LogP contribution in [0.2, 0.25) is 0 Å². The van der Waals surface area contributed by atoms with Gasteiger partial charge in [-0.1, -0.05) is 6.07 Å². The van der Waals surface area contributed by atoms with E-state index >= 15 is 0 Å². The molecule has 2 rings (SSSR count). The number of benzene rings is 1. The summed E-state index contributed by atoms with van der Waals surface area (Å²) >= 11 is 7.39. The Labute approximate surface area is 122 Å². The van der Waals surface area contributed by atoms with Crippen molar-refractivity contribution >= 4 is 33.4 Å². The molecule has 0 radical (unpaired) electrons. The lowest BCUT2D eigenvalue weighted by Crippen LogP contribution is -2.44. The highest BCUT2D eigenvalue weighted by Crippen LogP contribution is 2.27. The highest BCUT2D eigenvalue weighted by molar-refractivity contribution is 7.99. The van der Waals surface area contributed by atoms with Crippen LogP contribution in [0, 0.1) is 5.82 Å². The molecule has 0 N–H and O–H groups in total. The summed E-state index contributed by atoms with van der Waals surface area (Å²) in [4.78, 5) is -0.274. The summed E-state index contributed by atoms with van der Waals surface area (Å²) in [7, 11) is -3.79. The van der Waals surface area contributed by atoms with Gasteiger partial charge in [0, 0.05) is 30.0 Å². The molecule has 1 atom stereocenters. The number of thioether (sulfide) groups is 1. The highest BCUT2D eigenvalue weighted by atomic mass is 35.5. The molecule has 0 saturated carbocycles. The molecule has 0 spiro atoms. The molecule has 1 saturated heterocycles. The Bertz CT molecular complexity index is 565. The number of sulfonamides is 1. The van der Waals surface area contributed by atoms with Gasteiger partial charge in [-0.15, -0.1) is 11.6 Å². The van der Waals surface area contributed by atoms with Crippen LogP contribution in [-0.2, 0) is 15.9 Å². The van der Waals surface area contributed by atoms with E-state index in [4.69, 9.17) is 11.6 Å². The minimum absolute atomic E-state index is 0.122. The van der Waals surface area contributed by atoms with E-state index in [1.807, 2.05) is 6.92 Å². The maximum atomic E-state index is 13.8. The third-order valence-electron chi connectivity index (χ3n) is 3.04. The lowest BCUT2D eigenvalue weighted by atomic mass is 10.2. The van der Waals surface area contributed by atoms with Crippen molar-refractivity contribution < 1.29 is 12.8 Å². The minimum atomic E-state index is -3.79. The molecule has 1 heterocycles. The van der Waals surface area contributed by atoms with Gasteiger partial charge in [-0.05, 0) is 24.6 Å². The summed E-state index contributed by atoms with van der Waals surface area (Å²) in [5.74, 6) is 0.907. The van der Waals surface area contributed by atoms with Crippen LogP contribution in [0.25, 0.3) is 0 Å². The number of halogens is 2. The molecule has 106 valence electrons. The molecule has 19 heavy (non-hydrogen) atoms. The Morgan fingerprint density at radius 1 is 1.53 bits per heavy atom. The highest BCUT2D eigenvalue weighted by Gasteiger charge is 2.33. The summed E-state index contributed by atoms with van der Waals surface area (Å²) in [6.45, 7) is 2.26. The van der Waals surface area contributed by atoms with Crippen LogP contribution in [0.3, 0.4) is 0 Å². The zero-order valence-electron chi connectivity index (χ0n) is 10.5. The van der Waals surface area contributed by atoms with Crippen molar-refractivity contribution in [3.63, 3.8) is 0 Å². The first-order valence-electron chi connectivity index (χ1n) is 5.91. The second kappa shape index (κ2) is 5.99. The summed E-state index contributed by atoms with van der Waals surface area (Å²) in [5, 5.41) is 0. The van der Waals surface area contributed by atoms with E-state index in [2.05, 4.69) is 0 Å². The first kappa shape index (κ1) is 15.1. The topological polar surface area (TPSA) is 37.4 Å². The fourth-order valence-electron chi connectivity index (χ4n) is 2.02. The van der Waals surface area contributed by atoms with Crippen LogP contribution < -0.4 is 0 Å². The summed E-state index contributed by atoms with van der Waals surface area (Å²) in [6, 6.07) is 3.86.